The first-order valence-electron chi connectivity index (χ1n) is 5.06. The summed E-state index contributed by atoms with van der Waals surface area (Å²) in [6, 6.07) is 0. The number of nitrogens with zero attached hydrogens (tertiary/aromatic N) is 1. The van der Waals surface area contributed by atoms with Gasteiger partial charge < -0.3 is 0 Å². The second-order valence-electron chi connectivity index (χ2n) is 4.32. The Morgan fingerprint density at radius 2 is 2.14 bits per heavy atom. The van der Waals surface area contributed by atoms with E-state index in [9.17, 15) is 0 Å². The van der Waals surface area contributed by atoms with E-state index in [-0.39, 0.29) is 5.41 Å². The second-order valence-corrected chi connectivity index (χ2v) is 6.66. The monoisotopic (exact) mass is 229 g/mol. The van der Waals surface area contributed by atoms with E-state index in [2.05, 4.69) is 38.1 Å². The molecule has 0 bridgehead atoms. The summed E-state index contributed by atoms with van der Waals surface area (Å²) in [6.07, 6.45) is 1.12. The number of thioether (sulfide) groups is 1. The average Bonchev–Trinajstić information content (AvgIpc) is 2.52. The molecule has 80 valence electrons. The zero-order chi connectivity index (χ0) is 10.6. The highest BCUT2D eigenvalue weighted by molar-refractivity contribution is 7.99. The molecule has 0 atom stereocenters. The maximum absolute atomic E-state index is 4.66. The summed E-state index contributed by atoms with van der Waals surface area (Å²) in [5.74, 6) is 2.41. The van der Waals surface area contributed by atoms with Gasteiger partial charge >= 0.3 is 0 Å². The number of hydrogen-bond acceptors (Lipinski definition) is 3. The van der Waals surface area contributed by atoms with Crippen molar-refractivity contribution in [2.24, 2.45) is 0 Å². The molecule has 0 aliphatic carbocycles. The number of thiazole rings is 1. The summed E-state index contributed by atoms with van der Waals surface area (Å²) in [5, 5.41) is 3.49. The van der Waals surface area contributed by atoms with Crippen LogP contribution in [0.3, 0.4) is 0 Å². The average molecular weight is 229 g/mol. The molecule has 0 saturated heterocycles. The first kappa shape index (κ1) is 12.1. The Morgan fingerprint density at radius 3 is 2.64 bits per heavy atom. The predicted octanol–water partition coefficient (Wildman–Crippen LogP) is 3.74. The second kappa shape index (κ2) is 5.17. The van der Waals surface area contributed by atoms with Crippen molar-refractivity contribution < 1.29 is 0 Å². The van der Waals surface area contributed by atoms with Crippen molar-refractivity contribution in [1.29, 1.82) is 0 Å². The van der Waals surface area contributed by atoms with Crippen molar-refractivity contribution >= 4 is 23.1 Å². The minimum atomic E-state index is 0.201. The molecule has 0 amide bonds. The molecule has 1 aromatic rings. The zero-order valence-electron chi connectivity index (χ0n) is 9.46. The van der Waals surface area contributed by atoms with E-state index in [0.29, 0.717) is 0 Å². The number of hydrogen-bond donors (Lipinski definition) is 0. The molecule has 0 saturated carbocycles. The van der Waals surface area contributed by atoms with Crippen molar-refractivity contribution in [3.63, 3.8) is 0 Å². The van der Waals surface area contributed by atoms with Crippen LogP contribution in [-0.4, -0.2) is 16.5 Å². The third-order valence-electron chi connectivity index (χ3n) is 1.98. The van der Waals surface area contributed by atoms with Crippen molar-refractivity contribution in [2.45, 2.75) is 39.5 Å². The fourth-order valence-electron chi connectivity index (χ4n) is 1.07. The van der Waals surface area contributed by atoms with Crippen LogP contribution in [0.1, 0.15) is 38.4 Å². The van der Waals surface area contributed by atoms with Gasteiger partial charge in [0.15, 0.2) is 0 Å². The van der Waals surface area contributed by atoms with E-state index in [4.69, 9.17) is 0 Å². The van der Waals surface area contributed by atoms with E-state index in [1.807, 2.05) is 11.8 Å². The molecule has 0 radical (unpaired) electrons. The SMILES string of the molecule is CCSCCc1nc(C(C)(C)C)cs1. The van der Waals surface area contributed by atoms with E-state index >= 15 is 0 Å². The Hall–Kier alpha value is -0.0200. The lowest BCUT2D eigenvalue weighted by Crippen LogP contribution is -2.11. The van der Waals surface area contributed by atoms with Gasteiger partial charge in [0.1, 0.15) is 0 Å². The van der Waals surface area contributed by atoms with Crippen molar-refractivity contribution in [3.8, 4) is 0 Å². The molecule has 3 heteroatoms. The van der Waals surface area contributed by atoms with Crippen LogP contribution in [0.4, 0.5) is 0 Å². The predicted molar refractivity (Wildman–Crippen MR) is 67.5 cm³/mol. The fourth-order valence-corrected chi connectivity index (χ4v) is 2.85. The number of rotatable bonds is 4. The maximum atomic E-state index is 4.66. The minimum absolute atomic E-state index is 0.201. The number of aryl methyl sites for hydroxylation is 1. The van der Waals surface area contributed by atoms with E-state index in [1.54, 1.807) is 11.3 Å². The van der Waals surface area contributed by atoms with Gasteiger partial charge in [0.25, 0.3) is 0 Å². The lowest BCUT2D eigenvalue weighted by atomic mass is 9.93. The molecule has 1 heterocycles. The highest BCUT2D eigenvalue weighted by Crippen LogP contribution is 2.24. The lowest BCUT2D eigenvalue weighted by Gasteiger charge is -2.14. The standard InChI is InChI=1S/C11H19NS2/c1-5-13-7-6-10-12-9(8-14-10)11(2,3)4/h8H,5-7H2,1-4H3. The molecule has 0 spiro atoms. The summed E-state index contributed by atoms with van der Waals surface area (Å²) >= 11 is 3.79. The van der Waals surface area contributed by atoms with Crippen LogP contribution in [0, 0.1) is 0 Å². The zero-order valence-corrected chi connectivity index (χ0v) is 11.1. The molecule has 0 aliphatic rings. The Labute approximate surface area is 95.3 Å². The molecule has 1 nitrogen and oxygen atoms in total. The first-order valence-corrected chi connectivity index (χ1v) is 7.10. The molecule has 1 rings (SSSR count). The Kier molecular flexibility index (Phi) is 4.45. The highest BCUT2D eigenvalue weighted by atomic mass is 32.2. The number of aromatic nitrogens is 1. The van der Waals surface area contributed by atoms with E-state index in [0.717, 1.165) is 6.42 Å². The van der Waals surface area contributed by atoms with Crippen LogP contribution in [0.25, 0.3) is 0 Å². The topological polar surface area (TPSA) is 12.9 Å². The van der Waals surface area contributed by atoms with Crippen LogP contribution in [0.15, 0.2) is 5.38 Å². The molecule has 0 aromatic carbocycles. The van der Waals surface area contributed by atoms with Crippen molar-refractivity contribution in [1.82, 2.24) is 4.98 Å². The summed E-state index contributed by atoms with van der Waals surface area (Å²) in [5.41, 5.74) is 1.44. The smallest absolute Gasteiger partial charge is 0.0936 e. The van der Waals surface area contributed by atoms with Gasteiger partial charge in [0, 0.05) is 17.2 Å². The van der Waals surface area contributed by atoms with Gasteiger partial charge in [-0.15, -0.1) is 11.3 Å². The molecule has 0 fully saturated rings. The highest BCUT2D eigenvalue weighted by Gasteiger charge is 2.16. The van der Waals surface area contributed by atoms with Gasteiger partial charge in [-0.1, -0.05) is 27.7 Å². The summed E-state index contributed by atoms with van der Waals surface area (Å²) in [7, 11) is 0. The van der Waals surface area contributed by atoms with Crippen LogP contribution in [0.5, 0.6) is 0 Å². The quantitative estimate of drug-likeness (QED) is 0.730. The van der Waals surface area contributed by atoms with Gasteiger partial charge in [-0.2, -0.15) is 11.8 Å². The normalized spacial score (nSPS) is 12.0. The van der Waals surface area contributed by atoms with Crippen LogP contribution < -0.4 is 0 Å². The molecule has 1 aromatic heterocycles. The third-order valence-corrected chi connectivity index (χ3v) is 3.79. The molecular weight excluding hydrogens is 210 g/mol. The van der Waals surface area contributed by atoms with Crippen LogP contribution in [0.2, 0.25) is 0 Å². The van der Waals surface area contributed by atoms with Gasteiger partial charge in [-0.3, -0.25) is 0 Å². The molecule has 0 unspecified atom stereocenters. The largest absolute Gasteiger partial charge is 0.246 e. The Bertz CT molecular complexity index is 273. The van der Waals surface area contributed by atoms with Crippen molar-refractivity contribution in [3.05, 3.63) is 16.1 Å². The third kappa shape index (κ3) is 3.62. The van der Waals surface area contributed by atoms with Gasteiger partial charge in [-0.05, 0) is 11.5 Å². The summed E-state index contributed by atoms with van der Waals surface area (Å²) in [6.45, 7) is 8.85. The van der Waals surface area contributed by atoms with Crippen molar-refractivity contribution in [2.75, 3.05) is 11.5 Å². The maximum Gasteiger partial charge on any atom is 0.0936 e. The lowest BCUT2D eigenvalue weighted by molar-refractivity contribution is 0.571. The molecule has 14 heavy (non-hydrogen) atoms. The van der Waals surface area contributed by atoms with Gasteiger partial charge in [0.05, 0.1) is 10.7 Å². The van der Waals surface area contributed by atoms with Gasteiger partial charge in [0.2, 0.25) is 0 Å². The van der Waals surface area contributed by atoms with E-state index in [1.165, 1.54) is 22.2 Å². The minimum Gasteiger partial charge on any atom is -0.246 e. The molecular formula is C11H19NS2. The fraction of sp³-hybridized carbons (Fsp3) is 0.727. The van der Waals surface area contributed by atoms with Gasteiger partial charge in [-0.25, -0.2) is 4.98 Å². The Morgan fingerprint density at radius 1 is 1.43 bits per heavy atom. The summed E-state index contributed by atoms with van der Waals surface area (Å²) < 4.78 is 0. The van der Waals surface area contributed by atoms with E-state index < -0.39 is 0 Å². The molecule has 0 N–H and O–H groups in total. The van der Waals surface area contributed by atoms with Crippen LogP contribution in [-0.2, 0) is 11.8 Å². The summed E-state index contributed by atoms with van der Waals surface area (Å²) in [4.78, 5) is 4.66. The molecule has 0 aliphatic heterocycles. The Balaban J connectivity index is 2.51. The van der Waals surface area contributed by atoms with Crippen LogP contribution >= 0.6 is 23.1 Å². The first-order chi connectivity index (χ1) is 6.54.